The lowest BCUT2D eigenvalue weighted by Gasteiger charge is -2.08. The summed E-state index contributed by atoms with van der Waals surface area (Å²) in [5.41, 5.74) is 6.40. The molecule has 0 saturated carbocycles. The Kier molecular flexibility index (Phi) is 3.65. The van der Waals surface area contributed by atoms with Crippen molar-refractivity contribution in [1.29, 1.82) is 0 Å². The highest BCUT2D eigenvalue weighted by Crippen LogP contribution is 2.21. The molecule has 0 unspecified atom stereocenters. The molecule has 100 valence electrons. The summed E-state index contributed by atoms with van der Waals surface area (Å²) in [6, 6.07) is 3.27. The summed E-state index contributed by atoms with van der Waals surface area (Å²) in [4.78, 5) is 15.6. The van der Waals surface area contributed by atoms with Crippen molar-refractivity contribution in [1.82, 2.24) is 14.8 Å². The molecule has 0 aliphatic rings. The summed E-state index contributed by atoms with van der Waals surface area (Å²) in [6.07, 6.45) is 3.32. The highest BCUT2D eigenvalue weighted by atomic mass is 16.5. The van der Waals surface area contributed by atoms with Gasteiger partial charge in [-0.15, -0.1) is 0 Å². The Morgan fingerprint density at radius 2 is 2.37 bits per heavy atom. The van der Waals surface area contributed by atoms with Gasteiger partial charge in [0.05, 0.1) is 24.6 Å². The van der Waals surface area contributed by atoms with Gasteiger partial charge in [-0.1, -0.05) is 0 Å². The fraction of sp³-hybridized carbons (Fsp3) is 0.250. The van der Waals surface area contributed by atoms with Crippen molar-refractivity contribution < 1.29 is 9.53 Å². The predicted octanol–water partition coefficient (Wildman–Crippen LogP) is 1.41. The number of nitrogens with one attached hydrogen (secondary N) is 1. The molecule has 7 heteroatoms. The van der Waals surface area contributed by atoms with Crippen molar-refractivity contribution in [3.05, 3.63) is 30.1 Å². The Bertz CT molecular complexity index is 594. The van der Waals surface area contributed by atoms with E-state index in [0.717, 1.165) is 6.54 Å². The van der Waals surface area contributed by atoms with Crippen LogP contribution < -0.4 is 11.1 Å². The van der Waals surface area contributed by atoms with Gasteiger partial charge in [-0.05, 0) is 13.0 Å². The van der Waals surface area contributed by atoms with E-state index in [-0.39, 0.29) is 5.82 Å². The van der Waals surface area contributed by atoms with Gasteiger partial charge in [0.25, 0.3) is 0 Å². The fourth-order valence-corrected chi connectivity index (χ4v) is 1.59. The number of nitrogens with zero attached hydrogens (tertiary/aromatic N) is 3. The Balaban J connectivity index is 2.31. The summed E-state index contributed by atoms with van der Waals surface area (Å²) in [5.74, 6) is 0.398. The SMILES string of the molecule is CCn1ccc(Nc2cnc(N)cc2C(=O)OC)n1. The molecule has 0 spiro atoms. The van der Waals surface area contributed by atoms with Crippen LogP contribution in [0.3, 0.4) is 0 Å². The predicted molar refractivity (Wildman–Crippen MR) is 71.2 cm³/mol. The molecule has 7 nitrogen and oxygen atoms in total. The largest absolute Gasteiger partial charge is 0.465 e. The maximum Gasteiger partial charge on any atom is 0.340 e. The molecule has 2 heterocycles. The molecule has 0 aliphatic carbocycles. The van der Waals surface area contributed by atoms with Gasteiger partial charge in [-0.25, -0.2) is 9.78 Å². The number of nitrogen functional groups attached to an aromatic ring is 1. The molecule has 0 aromatic carbocycles. The third kappa shape index (κ3) is 2.82. The molecule has 0 amide bonds. The summed E-state index contributed by atoms with van der Waals surface area (Å²) in [7, 11) is 1.31. The highest BCUT2D eigenvalue weighted by Gasteiger charge is 2.14. The monoisotopic (exact) mass is 261 g/mol. The van der Waals surface area contributed by atoms with Gasteiger partial charge < -0.3 is 15.8 Å². The lowest BCUT2D eigenvalue weighted by Crippen LogP contribution is -2.08. The normalized spacial score (nSPS) is 10.2. The standard InChI is InChI=1S/C12H15N5O2/c1-3-17-5-4-11(16-17)15-9-7-14-10(13)6-8(9)12(18)19-2/h4-7H,3H2,1-2H3,(H2,13,14)(H,15,16). The number of anilines is 3. The Morgan fingerprint density at radius 3 is 3.00 bits per heavy atom. The van der Waals surface area contributed by atoms with Crippen LogP contribution in [0, 0.1) is 0 Å². The molecule has 0 saturated heterocycles. The lowest BCUT2D eigenvalue weighted by molar-refractivity contribution is 0.0602. The molecule has 3 N–H and O–H groups in total. The van der Waals surface area contributed by atoms with Crippen molar-refractivity contribution in [3.8, 4) is 0 Å². The molecule has 0 aliphatic heterocycles. The number of ether oxygens (including phenoxy) is 1. The van der Waals surface area contributed by atoms with Gasteiger partial charge in [0, 0.05) is 18.8 Å². The van der Waals surface area contributed by atoms with Crippen LogP contribution >= 0.6 is 0 Å². The third-order valence-electron chi connectivity index (χ3n) is 2.56. The molecular weight excluding hydrogens is 246 g/mol. The quantitative estimate of drug-likeness (QED) is 0.808. The maximum atomic E-state index is 11.7. The van der Waals surface area contributed by atoms with Crippen LogP contribution in [0.15, 0.2) is 24.5 Å². The van der Waals surface area contributed by atoms with Crippen LogP contribution in [-0.4, -0.2) is 27.8 Å². The Labute approximate surface area is 110 Å². The number of nitrogens with two attached hydrogens (primary N) is 1. The van der Waals surface area contributed by atoms with Crippen molar-refractivity contribution in [2.24, 2.45) is 0 Å². The van der Waals surface area contributed by atoms with Crippen LogP contribution in [0.1, 0.15) is 17.3 Å². The molecule has 19 heavy (non-hydrogen) atoms. The van der Waals surface area contributed by atoms with Crippen molar-refractivity contribution in [2.45, 2.75) is 13.5 Å². The minimum Gasteiger partial charge on any atom is -0.465 e. The molecule has 2 rings (SSSR count). The van der Waals surface area contributed by atoms with Crippen molar-refractivity contribution >= 4 is 23.3 Å². The van der Waals surface area contributed by atoms with Gasteiger partial charge >= 0.3 is 5.97 Å². The Morgan fingerprint density at radius 1 is 1.58 bits per heavy atom. The van der Waals surface area contributed by atoms with Gasteiger partial charge in [0.2, 0.25) is 0 Å². The van der Waals surface area contributed by atoms with E-state index < -0.39 is 5.97 Å². The zero-order valence-electron chi connectivity index (χ0n) is 10.8. The van der Waals surface area contributed by atoms with E-state index in [1.54, 1.807) is 10.7 Å². The molecule has 0 atom stereocenters. The van der Waals surface area contributed by atoms with Crippen LogP contribution in [0.5, 0.6) is 0 Å². The van der Waals surface area contributed by atoms with Crippen LogP contribution in [0.25, 0.3) is 0 Å². The minimum atomic E-state index is -0.480. The number of hydrogen-bond acceptors (Lipinski definition) is 6. The summed E-state index contributed by atoms with van der Waals surface area (Å²) < 4.78 is 6.48. The third-order valence-corrected chi connectivity index (χ3v) is 2.56. The molecule has 0 bridgehead atoms. The zero-order valence-corrected chi connectivity index (χ0v) is 10.8. The van der Waals surface area contributed by atoms with E-state index in [2.05, 4.69) is 15.4 Å². The second-order valence-corrected chi connectivity index (χ2v) is 3.83. The number of carbonyl (C=O) groups is 1. The first-order valence-electron chi connectivity index (χ1n) is 5.78. The first-order valence-corrected chi connectivity index (χ1v) is 5.78. The van der Waals surface area contributed by atoms with Crippen molar-refractivity contribution in [3.63, 3.8) is 0 Å². The first-order chi connectivity index (χ1) is 9.13. The van der Waals surface area contributed by atoms with E-state index in [4.69, 9.17) is 10.5 Å². The molecule has 2 aromatic heterocycles. The average Bonchev–Trinajstić information content (AvgIpc) is 2.87. The number of hydrogen-bond donors (Lipinski definition) is 2. The summed E-state index contributed by atoms with van der Waals surface area (Å²) in [5, 5.41) is 7.29. The maximum absolute atomic E-state index is 11.7. The number of aryl methyl sites for hydroxylation is 1. The van der Waals surface area contributed by atoms with Crippen LogP contribution in [0.2, 0.25) is 0 Å². The second kappa shape index (κ2) is 5.38. The number of pyridine rings is 1. The topological polar surface area (TPSA) is 95.1 Å². The average molecular weight is 261 g/mol. The van der Waals surface area contributed by atoms with Crippen molar-refractivity contribution in [2.75, 3.05) is 18.2 Å². The number of rotatable bonds is 4. The van der Waals surface area contributed by atoms with Crippen LogP contribution in [-0.2, 0) is 11.3 Å². The second-order valence-electron chi connectivity index (χ2n) is 3.83. The van der Waals surface area contributed by atoms with Gasteiger partial charge in [-0.2, -0.15) is 5.10 Å². The minimum absolute atomic E-state index is 0.255. The van der Waals surface area contributed by atoms with Gasteiger partial charge in [-0.3, -0.25) is 4.68 Å². The van der Waals surface area contributed by atoms with Crippen LogP contribution in [0.4, 0.5) is 17.3 Å². The van der Waals surface area contributed by atoms with Gasteiger partial charge in [0.15, 0.2) is 5.82 Å². The first kappa shape index (κ1) is 12.9. The number of esters is 1. The molecule has 0 radical (unpaired) electrons. The lowest BCUT2D eigenvalue weighted by atomic mass is 10.2. The summed E-state index contributed by atoms with van der Waals surface area (Å²) >= 11 is 0. The van der Waals surface area contributed by atoms with E-state index in [9.17, 15) is 4.79 Å². The van der Waals surface area contributed by atoms with E-state index >= 15 is 0 Å². The number of carbonyl (C=O) groups excluding carboxylic acids is 1. The molecule has 2 aromatic rings. The zero-order chi connectivity index (χ0) is 13.8. The Hall–Kier alpha value is -2.57. The number of methoxy groups -OCH3 is 1. The van der Waals surface area contributed by atoms with E-state index in [1.807, 2.05) is 13.1 Å². The van der Waals surface area contributed by atoms with E-state index in [1.165, 1.54) is 19.4 Å². The van der Waals surface area contributed by atoms with Gasteiger partial charge in [0.1, 0.15) is 5.82 Å². The smallest absolute Gasteiger partial charge is 0.340 e. The van der Waals surface area contributed by atoms with E-state index in [0.29, 0.717) is 17.1 Å². The number of aromatic nitrogens is 3. The molecular formula is C12H15N5O2. The fourth-order valence-electron chi connectivity index (χ4n) is 1.59. The highest BCUT2D eigenvalue weighted by molar-refractivity contribution is 5.96. The molecule has 0 fully saturated rings. The summed E-state index contributed by atoms with van der Waals surface area (Å²) in [6.45, 7) is 2.76.